The van der Waals surface area contributed by atoms with Gasteiger partial charge in [-0.15, -0.1) is 0 Å². The summed E-state index contributed by atoms with van der Waals surface area (Å²) < 4.78 is 10.7. The molecule has 0 bridgehead atoms. The van der Waals surface area contributed by atoms with E-state index in [9.17, 15) is 14.4 Å². The van der Waals surface area contributed by atoms with Gasteiger partial charge >= 0.3 is 5.97 Å². The van der Waals surface area contributed by atoms with Crippen molar-refractivity contribution in [2.75, 3.05) is 38.3 Å². The van der Waals surface area contributed by atoms with Gasteiger partial charge in [0, 0.05) is 26.1 Å². The Morgan fingerprint density at radius 3 is 2.81 bits per heavy atom. The van der Waals surface area contributed by atoms with Crippen LogP contribution in [0.2, 0.25) is 0 Å². The molecule has 2 amide bonds. The third-order valence-corrected chi connectivity index (χ3v) is 4.70. The van der Waals surface area contributed by atoms with Gasteiger partial charge in [-0.3, -0.25) is 14.4 Å². The summed E-state index contributed by atoms with van der Waals surface area (Å²) in [7, 11) is 1.54. The molecule has 0 unspecified atom stereocenters. The van der Waals surface area contributed by atoms with Gasteiger partial charge in [0.25, 0.3) is 0 Å². The molecule has 26 heavy (non-hydrogen) atoms. The number of carboxylic acid groups (broad SMARTS) is 1. The van der Waals surface area contributed by atoms with E-state index >= 15 is 0 Å². The zero-order valence-corrected chi connectivity index (χ0v) is 14.6. The van der Waals surface area contributed by atoms with Crippen molar-refractivity contribution in [3.63, 3.8) is 0 Å². The van der Waals surface area contributed by atoms with E-state index < -0.39 is 18.0 Å². The van der Waals surface area contributed by atoms with E-state index in [0.717, 1.165) is 0 Å². The number of benzene rings is 1. The average Bonchev–Trinajstić information content (AvgIpc) is 3.02. The molecule has 8 nitrogen and oxygen atoms in total. The molecule has 2 heterocycles. The molecule has 0 aromatic heterocycles. The average molecular weight is 362 g/mol. The Morgan fingerprint density at radius 2 is 2.08 bits per heavy atom. The maximum Gasteiger partial charge on any atom is 0.306 e. The number of rotatable bonds is 5. The van der Waals surface area contributed by atoms with E-state index in [4.69, 9.17) is 14.6 Å². The molecule has 2 aliphatic heterocycles. The molecule has 1 N–H and O–H groups in total. The zero-order valence-electron chi connectivity index (χ0n) is 14.6. The van der Waals surface area contributed by atoms with E-state index in [1.807, 2.05) is 12.1 Å². The Hall–Kier alpha value is -2.61. The van der Waals surface area contributed by atoms with Gasteiger partial charge in [0.05, 0.1) is 37.8 Å². The fourth-order valence-electron chi connectivity index (χ4n) is 3.45. The van der Waals surface area contributed by atoms with Crippen LogP contribution in [-0.4, -0.2) is 67.2 Å². The van der Waals surface area contributed by atoms with Gasteiger partial charge in [-0.1, -0.05) is 12.1 Å². The van der Waals surface area contributed by atoms with Crippen LogP contribution in [0, 0.1) is 5.92 Å². The van der Waals surface area contributed by atoms with E-state index in [1.165, 1.54) is 0 Å². The molecule has 1 aromatic rings. The standard InChI is InChI=1S/C18H22N2O6/c1-25-15-5-3-2-4-14(15)20-10-12(8-16(20)21)18(24)19-6-7-26-13(11-19)9-17(22)23/h2-5,12-13H,6-11H2,1H3,(H,22,23)/t12-,13-/m1/s1. The molecule has 1 aromatic carbocycles. The lowest BCUT2D eigenvalue weighted by atomic mass is 10.1. The van der Waals surface area contributed by atoms with Crippen LogP contribution in [0.4, 0.5) is 5.69 Å². The van der Waals surface area contributed by atoms with Crippen LogP contribution >= 0.6 is 0 Å². The summed E-state index contributed by atoms with van der Waals surface area (Å²) in [4.78, 5) is 39.3. The predicted molar refractivity (Wildman–Crippen MR) is 92.0 cm³/mol. The van der Waals surface area contributed by atoms with E-state index in [-0.39, 0.29) is 31.2 Å². The van der Waals surface area contributed by atoms with E-state index in [2.05, 4.69) is 0 Å². The number of ether oxygens (including phenoxy) is 2. The summed E-state index contributed by atoms with van der Waals surface area (Å²) in [5.74, 6) is -1.07. The van der Waals surface area contributed by atoms with Crippen molar-refractivity contribution in [3.05, 3.63) is 24.3 Å². The lowest BCUT2D eigenvalue weighted by Crippen LogP contribution is -2.48. The molecule has 2 atom stereocenters. The Labute approximate surface area is 151 Å². The quantitative estimate of drug-likeness (QED) is 0.830. The van der Waals surface area contributed by atoms with Crippen molar-refractivity contribution in [1.29, 1.82) is 0 Å². The van der Waals surface area contributed by atoms with Crippen LogP contribution in [0.15, 0.2) is 24.3 Å². The van der Waals surface area contributed by atoms with E-state index in [0.29, 0.717) is 31.1 Å². The SMILES string of the molecule is COc1ccccc1N1C[C@H](C(=O)N2CCO[C@H](CC(=O)O)C2)CC1=O. The highest BCUT2D eigenvalue weighted by Gasteiger charge is 2.39. The highest BCUT2D eigenvalue weighted by molar-refractivity contribution is 6.01. The molecule has 3 rings (SSSR count). The first-order chi connectivity index (χ1) is 12.5. The summed E-state index contributed by atoms with van der Waals surface area (Å²) in [6.45, 7) is 1.25. The van der Waals surface area contributed by atoms with Gasteiger partial charge in [-0.05, 0) is 12.1 Å². The van der Waals surface area contributed by atoms with Gasteiger partial charge < -0.3 is 24.4 Å². The molecule has 2 aliphatic rings. The third kappa shape index (κ3) is 3.80. The highest BCUT2D eigenvalue weighted by Crippen LogP contribution is 2.33. The Bertz CT molecular complexity index is 707. The van der Waals surface area contributed by atoms with Crippen molar-refractivity contribution in [2.45, 2.75) is 18.9 Å². The molecule has 8 heteroatoms. The molecule has 0 spiro atoms. The zero-order chi connectivity index (χ0) is 18.7. The number of carbonyl (C=O) groups is 3. The molecule has 0 aliphatic carbocycles. The van der Waals surface area contributed by atoms with Crippen molar-refractivity contribution in [3.8, 4) is 5.75 Å². The molecule has 2 fully saturated rings. The molecule has 140 valence electrons. The Balaban J connectivity index is 1.68. The minimum atomic E-state index is -0.956. The van der Waals surface area contributed by atoms with Crippen molar-refractivity contribution < 1.29 is 29.0 Å². The maximum absolute atomic E-state index is 12.8. The summed E-state index contributed by atoms with van der Waals surface area (Å²) >= 11 is 0. The smallest absolute Gasteiger partial charge is 0.306 e. The van der Waals surface area contributed by atoms with Crippen molar-refractivity contribution >= 4 is 23.5 Å². The number of anilines is 1. The van der Waals surface area contributed by atoms with Crippen LogP contribution in [0.5, 0.6) is 5.75 Å². The number of para-hydroxylation sites is 2. The lowest BCUT2D eigenvalue weighted by Gasteiger charge is -2.33. The molecular formula is C18H22N2O6. The van der Waals surface area contributed by atoms with Crippen LogP contribution in [0.3, 0.4) is 0 Å². The first-order valence-electron chi connectivity index (χ1n) is 8.55. The fraction of sp³-hybridized carbons (Fsp3) is 0.500. The van der Waals surface area contributed by atoms with Crippen molar-refractivity contribution in [2.24, 2.45) is 5.92 Å². The second-order valence-electron chi connectivity index (χ2n) is 6.45. The summed E-state index contributed by atoms with van der Waals surface area (Å²) in [5, 5.41) is 8.90. The Kier molecular flexibility index (Phi) is 5.41. The number of morpholine rings is 1. The van der Waals surface area contributed by atoms with Gasteiger partial charge in [-0.25, -0.2) is 0 Å². The van der Waals surface area contributed by atoms with E-state index in [1.54, 1.807) is 29.0 Å². The van der Waals surface area contributed by atoms with Gasteiger partial charge in [0.1, 0.15) is 5.75 Å². The molecular weight excluding hydrogens is 340 g/mol. The Morgan fingerprint density at radius 1 is 1.31 bits per heavy atom. The van der Waals surface area contributed by atoms with Gasteiger partial charge in [0.15, 0.2) is 0 Å². The minimum absolute atomic E-state index is 0.122. The third-order valence-electron chi connectivity index (χ3n) is 4.70. The number of methoxy groups -OCH3 is 1. The van der Waals surface area contributed by atoms with Crippen molar-refractivity contribution in [1.82, 2.24) is 4.90 Å². The monoisotopic (exact) mass is 362 g/mol. The first kappa shape index (κ1) is 18.2. The number of carboxylic acids is 1. The fourth-order valence-corrected chi connectivity index (χ4v) is 3.45. The highest BCUT2D eigenvalue weighted by atomic mass is 16.5. The molecule has 2 saturated heterocycles. The number of nitrogens with zero attached hydrogens (tertiary/aromatic N) is 2. The number of aliphatic carboxylic acids is 1. The summed E-state index contributed by atoms with van der Waals surface area (Å²) in [5.41, 5.74) is 0.654. The van der Waals surface area contributed by atoms with Crippen LogP contribution in [-0.2, 0) is 19.1 Å². The number of hydrogen-bond donors (Lipinski definition) is 1. The number of carbonyl (C=O) groups excluding carboxylic acids is 2. The maximum atomic E-state index is 12.8. The molecule has 0 saturated carbocycles. The second kappa shape index (κ2) is 7.74. The van der Waals surface area contributed by atoms with Crippen LogP contribution in [0.1, 0.15) is 12.8 Å². The topological polar surface area (TPSA) is 96.4 Å². The summed E-state index contributed by atoms with van der Waals surface area (Å²) in [6.07, 6.45) is -0.508. The van der Waals surface area contributed by atoms with Gasteiger partial charge in [0.2, 0.25) is 11.8 Å². The molecule has 0 radical (unpaired) electrons. The normalized spacial score (nSPS) is 23.2. The summed E-state index contributed by atoms with van der Waals surface area (Å²) in [6, 6.07) is 7.21. The second-order valence-corrected chi connectivity index (χ2v) is 6.45. The first-order valence-corrected chi connectivity index (χ1v) is 8.55. The number of amides is 2. The van der Waals surface area contributed by atoms with Crippen LogP contribution < -0.4 is 9.64 Å². The van der Waals surface area contributed by atoms with Gasteiger partial charge in [-0.2, -0.15) is 0 Å². The van der Waals surface area contributed by atoms with Crippen LogP contribution in [0.25, 0.3) is 0 Å². The largest absolute Gasteiger partial charge is 0.495 e. The predicted octanol–water partition coefficient (Wildman–Crippen LogP) is 0.750. The lowest BCUT2D eigenvalue weighted by molar-refractivity contribution is -0.149. The minimum Gasteiger partial charge on any atom is -0.495 e. The number of hydrogen-bond acceptors (Lipinski definition) is 5.